The largest absolute Gasteiger partial charge is 0.491 e. The quantitative estimate of drug-likeness (QED) is 0.740. The van der Waals surface area contributed by atoms with Crippen molar-refractivity contribution in [2.45, 2.75) is 19.3 Å². The Balaban J connectivity index is 1.56. The molecule has 0 bridgehead atoms. The van der Waals surface area contributed by atoms with Gasteiger partial charge in [0, 0.05) is 19.8 Å². The van der Waals surface area contributed by atoms with Gasteiger partial charge >= 0.3 is 0 Å². The fraction of sp³-hybridized carbons (Fsp3) is 0.625. The van der Waals surface area contributed by atoms with Gasteiger partial charge in [-0.2, -0.15) is 0 Å². The summed E-state index contributed by atoms with van der Waals surface area (Å²) >= 11 is 0. The lowest BCUT2D eigenvalue weighted by Crippen LogP contribution is -2.21. The molecule has 1 aromatic carbocycles. The first-order valence-electron chi connectivity index (χ1n) is 7.46. The average molecular weight is 279 g/mol. The Morgan fingerprint density at radius 3 is 2.55 bits per heavy atom. The third-order valence-corrected chi connectivity index (χ3v) is 3.55. The molecule has 1 saturated heterocycles. The summed E-state index contributed by atoms with van der Waals surface area (Å²) in [5.74, 6) is 1.54. The van der Waals surface area contributed by atoms with E-state index in [0.717, 1.165) is 44.8 Å². The van der Waals surface area contributed by atoms with Crippen molar-refractivity contribution in [2.24, 2.45) is 11.7 Å². The van der Waals surface area contributed by atoms with Crippen LogP contribution < -0.4 is 10.5 Å². The average Bonchev–Trinajstić information content (AvgIpc) is 2.50. The molecule has 4 nitrogen and oxygen atoms in total. The molecule has 112 valence electrons. The normalized spacial score (nSPS) is 16.2. The minimum Gasteiger partial charge on any atom is -0.491 e. The molecular formula is C16H25NO3. The first-order chi connectivity index (χ1) is 9.88. The second kappa shape index (κ2) is 8.95. The van der Waals surface area contributed by atoms with Crippen molar-refractivity contribution in [3.05, 3.63) is 29.8 Å². The predicted molar refractivity (Wildman–Crippen MR) is 79.1 cm³/mol. The summed E-state index contributed by atoms with van der Waals surface area (Å²) in [6, 6.07) is 8.10. The summed E-state index contributed by atoms with van der Waals surface area (Å²) in [5.41, 5.74) is 6.76. The van der Waals surface area contributed by atoms with Crippen LogP contribution in [0.5, 0.6) is 5.75 Å². The fourth-order valence-corrected chi connectivity index (χ4v) is 2.30. The molecule has 0 spiro atoms. The molecule has 1 fully saturated rings. The Morgan fingerprint density at radius 1 is 1.10 bits per heavy atom. The highest BCUT2D eigenvalue weighted by atomic mass is 16.5. The third kappa shape index (κ3) is 5.49. The molecule has 4 heteroatoms. The van der Waals surface area contributed by atoms with E-state index in [1.165, 1.54) is 5.56 Å². The van der Waals surface area contributed by atoms with Crippen LogP contribution in [0.25, 0.3) is 0 Å². The Bertz CT molecular complexity index is 360. The zero-order valence-corrected chi connectivity index (χ0v) is 12.1. The summed E-state index contributed by atoms with van der Waals surface area (Å²) < 4.78 is 16.6. The number of hydrogen-bond donors (Lipinski definition) is 1. The van der Waals surface area contributed by atoms with Gasteiger partial charge in [-0.3, -0.25) is 0 Å². The van der Waals surface area contributed by atoms with Gasteiger partial charge in [-0.15, -0.1) is 0 Å². The Morgan fingerprint density at radius 2 is 1.85 bits per heavy atom. The van der Waals surface area contributed by atoms with Gasteiger partial charge < -0.3 is 19.9 Å². The van der Waals surface area contributed by atoms with E-state index in [4.69, 9.17) is 19.9 Å². The first-order valence-corrected chi connectivity index (χ1v) is 7.46. The van der Waals surface area contributed by atoms with Gasteiger partial charge in [0.25, 0.3) is 0 Å². The number of ether oxygens (including phenoxy) is 3. The molecule has 20 heavy (non-hydrogen) atoms. The van der Waals surface area contributed by atoms with E-state index in [9.17, 15) is 0 Å². The van der Waals surface area contributed by atoms with Crippen molar-refractivity contribution < 1.29 is 14.2 Å². The van der Waals surface area contributed by atoms with Crippen molar-refractivity contribution >= 4 is 0 Å². The Kier molecular flexibility index (Phi) is 6.84. The van der Waals surface area contributed by atoms with Crippen LogP contribution in [0.15, 0.2) is 24.3 Å². The zero-order valence-electron chi connectivity index (χ0n) is 12.1. The molecule has 1 aromatic rings. The molecule has 1 heterocycles. The van der Waals surface area contributed by atoms with Crippen molar-refractivity contribution in [3.8, 4) is 5.75 Å². The van der Waals surface area contributed by atoms with Crippen molar-refractivity contribution in [3.63, 3.8) is 0 Å². The monoisotopic (exact) mass is 279 g/mol. The molecule has 0 aliphatic carbocycles. The highest BCUT2D eigenvalue weighted by Gasteiger charge is 2.13. The zero-order chi connectivity index (χ0) is 14.0. The van der Waals surface area contributed by atoms with E-state index in [-0.39, 0.29) is 0 Å². The maximum Gasteiger partial charge on any atom is 0.119 e. The van der Waals surface area contributed by atoms with Crippen molar-refractivity contribution in [2.75, 3.05) is 39.6 Å². The van der Waals surface area contributed by atoms with Gasteiger partial charge in [0.15, 0.2) is 0 Å². The number of rotatable bonds is 8. The summed E-state index contributed by atoms with van der Waals surface area (Å²) in [4.78, 5) is 0. The fourth-order valence-electron chi connectivity index (χ4n) is 2.30. The van der Waals surface area contributed by atoms with E-state index >= 15 is 0 Å². The Labute approximate surface area is 121 Å². The van der Waals surface area contributed by atoms with Gasteiger partial charge in [0.05, 0.1) is 6.61 Å². The van der Waals surface area contributed by atoms with Gasteiger partial charge in [-0.1, -0.05) is 12.1 Å². The second-order valence-corrected chi connectivity index (χ2v) is 5.16. The molecule has 0 atom stereocenters. The SMILES string of the molecule is NCCc1ccc(OCCOCC2CCOCC2)cc1. The molecular weight excluding hydrogens is 254 g/mol. The van der Waals surface area contributed by atoms with Gasteiger partial charge in [-0.25, -0.2) is 0 Å². The number of hydrogen-bond acceptors (Lipinski definition) is 4. The lowest BCUT2D eigenvalue weighted by molar-refractivity contribution is 0.0139. The smallest absolute Gasteiger partial charge is 0.119 e. The summed E-state index contributed by atoms with van der Waals surface area (Å²) in [5, 5.41) is 0. The topological polar surface area (TPSA) is 53.7 Å². The molecule has 2 N–H and O–H groups in total. The van der Waals surface area contributed by atoms with E-state index in [1.54, 1.807) is 0 Å². The van der Waals surface area contributed by atoms with Crippen LogP contribution >= 0.6 is 0 Å². The van der Waals surface area contributed by atoms with Gasteiger partial charge in [0.2, 0.25) is 0 Å². The third-order valence-electron chi connectivity index (χ3n) is 3.55. The minimum absolute atomic E-state index is 0.597. The maximum atomic E-state index is 5.66. The maximum absolute atomic E-state index is 5.66. The lowest BCUT2D eigenvalue weighted by Gasteiger charge is -2.21. The van der Waals surface area contributed by atoms with Crippen LogP contribution in [0.1, 0.15) is 18.4 Å². The van der Waals surface area contributed by atoms with Gasteiger partial charge in [0.1, 0.15) is 12.4 Å². The Hall–Kier alpha value is -1.10. The van der Waals surface area contributed by atoms with Crippen LogP contribution in [0.2, 0.25) is 0 Å². The predicted octanol–water partition coefficient (Wildman–Crippen LogP) is 2.01. The van der Waals surface area contributed by atoms with E-state index in [0.29, 0.717) is 25.7 Å². The first kappa shape index (κ1) is 15.3. The van der Waals surface area contributed by atoms with Crippen LogP contribution in [0, 0.1) is 5.92 Å². The van der Waals surface area contributed by atoms with Crippen molar-refractivity contribution in [1.82, 2.24) is 0 Å². The van der Waals surface area contributed by atoms with Crippen LogP contribution in [0.4, 0.5) is 0 Å². The van der Waals surface area contributed by atoms with E-state index in [2.05, 4.69) is 12.1 Å². The van der Waals surface area contributed by atoms with E-state index < -0.39 is 0 Å². The second-order valence-electron chi connectivity index (χ2n) is 5.16. The van der Waals surface area contributed by atoms with Gasteiger partial charge in [-0.05, 0) is 49.4 Å². The van der Waals surface area contributed by atoms with E-state index in [1.807, 2.05) is 12.1 Å². The highest BCUT2D eigenvalue weighted by Crippen LogP contribution is 2.15. The molecule has 1 aliphatic rings. The summed E-state index contributed by atoms with van der Waals surface area (Å²) in [6.45, 7) is 4.49. The molecule has 0 aromatic heterocycles. The molecule has 0 radical (unpaired) electrons. The highest BCUT2D eigenvalue weighted by molar-refractivity contribution is 5.27. The molecule has 0 saturated carbocycles. The standard InChI is InChI=1S/C16H25NO3/c17-8-5-14-1-3-16(4-2-14)20-12-11-19-13-15-6-9-18-10-7-15/h1-4,15H,5-13,17H2. The molecule has 0 amide bonds. The summed E-state index contributed by atoms with van der Waals surface area (Å²) in [6.07, 6.45) is 3.14. The van der Waals surface area contributed by atoms with Crippen LogP contribution in [-0.4, -0.2) is 39.6 Å². The van der Waals surface area contributed by atoms with Crippen LogP contribution in [-0.2, 0) is 15.9 Å². The number of nitrogens with two attached hydrogens (primary N) is 1. The molecule has 0 unspecified atom stereocenters. The molecule has 1 aliphatic heterocycles. The lowest BCUT2D eigenvalue weighted by atomic mass is 10.0. The molecule has 2 rings (SSSR count). The van der Waals surface area contributed by atoms with Crippen LogP contribution in [0.3, 0.4) is 0 Å². The number of benzene rings is 1. The summed E-state index contributed by atoms with van der Waals surface area (Å²) in [7, 11) is 0. The van der Waals surface area contributed by atoms with Crippen molar-refractivity contribution in [1.29, 1.82) is 0 Å². The minimum atomic E-state index is 0.597.